The topological polar surface area (TPSA) is 89.7 Å². The predicted octanol–water partition coefficient (Wildman–Crippen LogP) is 0.706. The molecule has 0 saturated heterocycles. The van der Waals surface area contributed by atoms with Crippen LogP contribution in [0.2, 0.25) is 0 Å². The van der Waals surface area contributed by atoms with E-state index in [-0.39, 0.29) is 5.95 Å². The lowest BCUT2D eigenvalue weighted by molar-refractivity contribution is 0.403. The Morgan fingerprint density at radius 1 is 1.46 bits per heavy atom. The fraction of sp³-hybridized carbons (Fsp3) is 0.167. The SMILES string of the molecule is COc1nc(N)nc2n[nH]c(Br)c12. The Morgan fingerprint density at radius 2 is 2.23 bits per heavy atom. The molecule has 2 aromatic heterocycles. The third kappa shape index (κ3) is 1.21. The largest absolute Gasteiger partial charge is 0.480 e. The van der Waals surface area contributed by atoms with E-state index in [4.69, 9.17) is 10.5 Å². The molecule has 6 nitrogen and oxygen atoms in total. The van der Waals surface area contributed by atoms with Crippen molar-refractivity contribution >= 4 is 32.9 Å². The zero-order valence-corrected chi connectivity index (χ0v) is 8.29. The van der Waals surface area contributed by atoms with Gasteiger partial charge in [0.25, 0.3) is 0 Å². The first-order valence-corrected chi connectivity index (χ1v) is 4.22. The molecular formula is C6H6BrN5O. The zero-order chi connectivity index (χ0) is 9.42. The highest BCUT2D eigenvalue weighted by Crippen LogP contribution is 2.27. The van der Waals surface area contributed by atoms with E-state index in [0.29, 0.717) is 21.5 Å². The number of hydrogen-bond donors (Lipinski definition) is 2. The van der Waals surface area contributed by atoms with E-state index in [1.165, 1.54) is 7.11 Å². The summed E-state index contributed by atoms with van der Waals surface area (Å²) >= 11 is 3.26. The first-order chi connectivity index (χ1) is 6.22. The Morgan fingerprint density at radius 3 is 2.92 bits per heavy atom. The van der Waals surface area contributed by atoms with E-state index < -0.39 is 0 Å². The van der Waals surface area contributed by atoms with Crippen molar-refractivity contribution in [2.24, 2.45) is 0 Å². The summed E-state index contributed by atoms with van der Waals surface area (Å²) in [6, 6.07) is 0. The Kier molecular flexibility index (Phi) is 1.80. The van der Waals surface area contributed by atoms with Crippen LogP contribution in [0, 0.1) is 0 Å². The van der Waals surface area contributed by atoms with Gasteiger partial charge >= 0.3 is 0 Å². The van der Waals surface area contributed by atoms with Crippen molar-refractivity contribution in [3.8, 4) is 5.88 Å². The maximum atomic E-state index is 5.44. The van der Waals surface area contributed by atoms with Crippen molar-refractivity contribution in [3.05, 3.63) is 4.60 Å². The number of nitrogens with two attached hydrogens (primary N) is 1. The number of fused-ring (bicyclic) bond motifs is 1. The number of rotatable bonds is 1. The van der Waals surface area contributed by atoms with E-state index in [1.54, 1.807) is 0 Å². The number of aromatic amines is 1. The van der Waals surface area contributed by atoms with Gasteiger partial charge in [-0.3, -0.25) is 5.10 Å². The van der Waals surface area contributed by atoms with E-state index in [9.17, 15) is 0 Å². The van der Waals surface area contributed by atoms with Crippen molar-refractivity contribution < 1.29 is 4.74 Å². The van der Waals surface area contributed by atoms with Crippen molar-refractivity contribution in [2.45, 2.75) is 0 Å². The number of nitrogen functional groups attached to an aromatic ring is 1. The lowest BCUT2D eigenvalue weighted by Gasteiger charge is -1.99. The molecule has 0 aliphatic rings. The Bertz CT molecular complexity index is 453. The van der Waals surface area contributed by atoms with Gasteiger partial charge in [0.1, 0.15) is 9.99 Å². The molecule has 0 spiro atoms. The van der Waals surface area contributed by atoms with Crippen LogP contribution in [-0.2, 0) is 0 Å². The second-order valence-electron chi connectivity index (χ2n) is 2.33. The summed E-state index contributed by atoms with van der Waals surface area (Å²) in [5, 5.41) is 7.30. The number of aromatic nitrogens is 4. The minimum atomic E-state index is 0.142. The molecule has 0 aliphatic carbocycles. The van der Waals surface area contributed by atoms with Crippen molar-refractivity contribution in [1.29, 1.82) is 0 Å². The fourth-order valence-corrected chi connectivity index (χ4v) is 1.46. The standard InChI is InChI=1S/C6H6BrN5O/c1-13-5-2-3(7)11-12-4(2)9-6(8)10-5/h1H3,(H3,8,9,10,11,12). The Balaban J connectivity index is 2.85. The van der Waals surface area contributed by atoms with Crippen LogP contribution in [0.3, 0.4) is 0 Å². The fourth-order valence-electron chi connectivity index (χ4n) is 1.02. The Hall–Kier alpha value is -1.37. The molecule has 0 saturated carbocycles. The molecule has 0 atom stereocenters. The number of H-pyrrole nitrogens is 1. The van der Waals surface area contributed by atoms with Gasteiger partial charge in [-0.15, -0.1) is 0 Å². The molecular weight excluding hydrogens is 238 g/mol. The lowest BCUT2D eigenvalue weighted by atomic mass is 10.4. The monoisotopic (exact) mass is 243 g/mol. The van der Waals surface area contributed by atoms with Crippen molar-refractivity contribution in [2.75, 3.05) is 12.8 Å². The van der Waals surface area contributed by atoms with Crippen molar-refractivity contribution in [3.63, 3.8) is 0 Å². The summed E-state index contributed by atoms with van der Waals surface area (Å²) < 4.78 is 5.71. The molecule has 2 heterocycles. The average Bonchev–Trinajstić information content (AvgIpc) is 2.46. The molecule has 0 bridgehead atoms. The molecule has 2 aromatic rings. The van der Waals surface area contributed by atoms with E-state index in [1.807, 2.05) is 0 Å². The van der Waals surface area contributed by atoms with Gasteiger partial charge in [0.15, 0.2) is 5.65 Å². The van der Waals surface area contributed by atoms with E-state index in [0.717, 1.165) is 0 Å². The summed E-state index contributed by atoms with van der Waals surface area (Å²) in [6.07, 6.45) is 0. The van der Waals surface area contributed by atoms with Crippen molar-refractivity contribution in [1.82, 2.24) is 20.2 Å². The molecule has 0 unspecified atom stereocenters. The maximum Gasteiger partial charge on any atom is 0.230 e. The minimum Gasteiger partial charge on any atom is -0.480 e. The molecule has 3 N–H and O–H groups in total. The number of halogens is 1. The number of hydrogen-bond acceptors (Lipinski definition) is 5. The highest BCUT2D eigenvalue weighted by Gasteiger charge is 2.12. The number of nitrogens with zero attached hydrogens (tertiary/aromatic N) is 3. The molecule has 0 amide bonds. The van der Waals surface area contributed by atoms with Crippen LogP contribution in [0.4, 0.5) is 5.95 Å². The van der Waals surface area contributed by atoms with E-state index >= 15 is 0 Å². The second kappa shape index (κ2) is 2.84. The first-order valence-electron chi connectivity index (χ1n) is 3.43. The Labute approximate surface area is 81.6 Å². The molecule has 0 radical (unpaired) electrons. The van der Waals surface area contributed by atoms with Gasteiger partial charge in [0.2, 0.25) is 11.8 Å². The van der Waals surface area contributed by atoms with Crippen LogP contribution < -0.4 is 10.5 Å². The van der Waals surface area contributed by atoms with Gasteiger partial charge in [0, 0.05) is 0 Å². The molecule has 7 heteroatoms. The maximum absolute atomic E-state index is 5.44. The van der Waals surface area contributed by atoms with Gasteiger partial charge in [-0.05, 0) is 15.9 Å². The predicted molar refractivity (Wildman–Crippen MR) is 50.3 cm³/mol. The van der Waals surface area contributed by atoms with Crippen LogP contribution in [0.1, 0.15) is 0 Å². The number of methoxy groups -OCH3 is 1. The van der Waals surface area contributed by atoms with Crippen LogP contribution in [0.5, 0.6) is 5.88 Å². The third-order valence-electron chi connectivity index (χ3n) is 1.55. The summed E-state index contributed by atoms with van der Waals surface area (Å²) in [5.74, 6) is 0.548. The van der Waals surface area contributed by atoms with Crippen LogP contribution >= 0.6 is 15.9 Å². The number of ether oxygens (including phenoxy) is 1. The number of nitrogens with one attached hydrogen (secondary N) is 1. The lowest BCUT2D eigenvalue weighted by Crippen LogP contribution is -1.98. The molecule has 2 rings (SSSR count). The summed E-state index contributed by atoms with van der Waals surface area (Å²) in [4.78, 5) is 7.83. The molecule has 0 aromatic carbocycles. The van der Waals surface area contributed by atoms with Crippen LogP contribution in [0.25, 0.3) is 11.0 Å². The first kappa shape index (κ1) is 8.24. The molecule has 0 aliphatic heterocycles. The normalized spacial score (nSPS) is 10.6. The summed E-state index contributed by atoms with van der Waals surface area (Å²) in [7, 11) is 1.51. The third-order valence-corrected chi connectivity index (χ3v) is 2.12. The highest BCUT2D eigenvalue weighted by molar-refractivity contribution is 9.10. The van der Waals surface area contributed by atoms with Gasteiger partial charge in [-0.1, -0.05) is 0 Å². The van der Waals surface area contributed by atoms with Gasteiger partial charge < -0.3 is 10.5 Å². The average molecular weight is 244 g/mol. The van der Waals surface area contributed by atoms with Gasteiger partial charge in [-0.2, -0.15) is 15.1 Å². The van der Waals surface area contributed by atoms with Crippen LogP contribution in [-0.4, -0.2) is 27.3 Å². The second-order valence-corrected chi connectivity index (χ2v) is 3.12. The summed E-state index contributed by atoms with van der Waals surface area (Å²) in [5.41, 5.74) is 5.92. The smallest absolute Gasteiger partial charge is 0.230 e. The van der Waals surface area contributed by atoms with E-state index in [2.05, 4.69) is 36.1 Å². The molecule has 13 heavy (non-hydrogen) atoms. The molecule has 68 valence electrons. The quantitative estimate of drug-likeness (QED) is 0.770. The molecule has 0 fully saturated rings. The van der Waals surface area contributed by atoms with Gasteiger partial charge in [-0.25, -0.2) is 0 Å². The summed E-state index contributed by atoms with van der Waals surface area (Å²) in [6.45, 7) is 0. The van der Waals surface area contributed by atoms with Gasteiger partial charge in [0.05, 0.1) is 7.11 Å². The minimum absolute atomic E-state index is 0.142. The zero-order valence-electron chi connectivity index (χ0n) is 6.71. The highest BCUT2D eigenvalue weighted by atomic mass is 79.9. The number of anilines is 1. The van der Waals surface area contributed by atoms with Crippen LogP contribution in [0.15, 0.2) is 4.60 Å².